The molecular formula is C19H21FN2O4. The van der Waals surface area contributed by atoms with Crippen LogP contribution < -0.4 is 14.8 Å². The molecule has 1 saturated carbocycles. The van der Waals surface area contributed by atoms with Crippen LogP contribution in [0.15, 0.2) is 36.5 Å². The van der Waals surface area contributed by atoms with Crippen molar-refractivity contribution in [2.45, 2.75) is 25.0 Å². The van der Waals surface area contributed by atoms with Crippen LogP contribution in [0.3, 0.4) is 0 Å². The van der Waals surface area contributed by atoms with Crippen molar-refractivity contribution < 1.29 is 23.8 Å². The Morgan fingerprint density at radius 3 is 2.62 bits per heavy atom. The summed E-state index contributed by atoms with van der Waals surface area (Å²) >= 11 is 0. The number of carbonyl (C=O) groups excluding carboxylic acids is 1. The predicted molar refractivity (Wildman–Crippen MR) is 92.7 cm³/mol. The standard InChI is InChI=1S/C19H21FN2O4/c1-25-16-9-11(3-5-15(16)20)19(24)22-18(13-7-14(23)8-13)12-4-6-17(26-2)21-10-12/h3-6,9-10,13-14,18,23H,7-8H2,1-2H3,(H,22,24)/t13?,14?,18-/m0/s1. The molecular weight excluding hydrogens is 339 g/mol. The molecule has 0 unspecified atom stereocenters. The molecule has 0 spiro atoms. The Hall–Kier alpha value is -2.67. The van der Waals surface area contributed by atoms with Crippen LogP contribution in [-0.4, -0.2) is 36.3 Å². The van der Waals surface area contributed by atoms with Crippen LogP contribution in [0, 0.1) is 11.7 Å². The van der Waals surface area contributed by atoms with Gasteiger partial charge >= 0.3 is 0 Å². The van der Waals surface area contributed by atoms with Gasteiger partial charge in [0.1, 0.15) is 0 Å². The van der Waals surface area contributed by atoms with Crippen molar-refractivity contribution >= 4 is 5.91 Å². The molecule has 0 bridgehead atoms. The molecule has 0 saturated heterocycles. The summed E-state index contributed by atoms with van der Waals surface area (Å²) in [4.78, 5) is 16.9. The SMILES string of the molecule is COc1ccc([C@H](NC(=O)c2ccc(F)c(OC)c2)C2CC(O)C2)cn1. The van der Waals surface area contributed by atoms with E-state index in [0.717, 1.165) is 5.56 Å². The summed E-state index contributed by atoms with van der Waals surface area (Å²) in [5, 5.41) is 12.6. The summed E-state index contributed by atoms with van der Waals surface area (Å²) < 4.78 is 23.6. The number of pyridine rings is 1. The van der Waals surface area contributed by atoms with Gasteiger partial charge in [0.05, 0.1) is 26.4 Å². The first-order valence-electron chi connectivity index (χ1n) is 8.34. The predicted octanol–water partition coefficient (Wildman–Crippen LogP) is 2.48. The van der Waals surface area contributed by atoms with E-state index in [0.29, 0.717) is 24.3 Å². The van der Waals surface area contributed by atoms with Gasteiger partial charge in [-0.05, 0) is 42.5 Å². The number of aliphatic hydroxyl groups excluding tert-OH is 1. The van der Waals surface area contributed by atoms with Crippen molar-refractivity contribution in [3.8, 4) is 11.6 Å². The van der Waals surface area contributed by atoms with Gasteiger partial charge in [-0.1, -0.05) is 6.07 Å². The van der Waals surface area contributed by atoms with Crippen LogP contribution in [0.4, 0.5) is 4.39 Å². The third kappa shape index (κ3) is 3.77. The molecule has 7 heteroatoms. The van der Waals surface area contributed by atoms with E-state index in [1.165, 1.54) is 32.4 Å². The highest BCUT2D eigenvalue weighted by molar-refractivity contribution is 5.94. The lowest BCUT2D eigenvalue weighted by atomic mass is 9.75. The summed E-state index contributed by atoms with van der Waals surface area (Å²) in [6.07, 6.45) is 2.50. The fourth-order valence-electron chi connectivity index (χ4n) is 3.10. The molecule has 1 atom stereocenters. The highest BCUT2D eigenvalue weighted by Crippen LogP contribution is 2.38. The van der Waals surface area contributed by atoms with Crippen molar-refractivity contribution in [2.75, 3.05) is 14.2 Å². The van der Waals surface area contributed by atoms with E-state index in [-0.39, 0.29) is 29.7 Å². The Morgan fingerprint density at radius 2 is 2.04 bits per heavy atom. The van der Waals surface area contributed by atoms with E-state index in [1.807, 2.05) is 6.07 Å². The van der Waals surface area contributed by atoms with Gasteiger partial charge in [0.25, 0.3) is 5.91 Å². The average molecular weight is 360 g/mol. The minimum absolute atomic E-state index is 0.0133. The number of amides is 1. The molecule has 2 aromatic rings. The number of aromatic nitrogens is 1. The van der Waals surface area contributed by atoms with Crippen LogP contribution in [0.5, 0.6) is 11.6 Å². The molecule has 6 nitrogen and oxygen atoms in total. The first kappa shape index (κ1) is 18.1. The first-order valence-corrected chi connectivity index (χ1v) is 8.34. The number of nitrogens with one attached hydrogen (secondary N) is 1. The van der Waals surface area contributed by atoms with Crippen molar-refractivity contribution in [2.24, 2.45) is 5.92 Å². The number of benzene rings is 1. The fourth-order valence-corrected chi connectivity index (χ4v) is 3.10. The maximum absolute atomic E-state index is 13.6. The van der Waals surface area contributed by atoms with Gasteiger partial charge in [-0.2, -0.15) is 0 Å². The molecule has 1 aliphatic carbocycles. The normalized spacial score (nSPS) is 20.0. The first-order chi connectivity index (χ1) is 12.5. The molecule has 0 aliphatic heterocycles. The van der Waals surface area contributed by atoms with Gasteiger partial charge < -0.3 is 19.9 Å². The second kappa shape index (κ2) is 7.70. The second-order valence-corrected chi connectivity index (χ2v) is 6.32. The third-order valence-electron chi connectivity index (χ3n) is 4.65. The Kier molecular flexibility index (Phi) is 5.37. The minimum atomic E-state index is -0.526. The van der Waals surface area contributed by atoms with Crippen molar-refractivity contribution in [3.63, 3.8) is 0 Å². The lowest BCUT2D eigenvalue weighted by molar-refractivity contribution is 0.0234. The average Bonchev–Trinajstić information content (AvgIpc) is 2.64. The Balaban J connectivity index is 1.82. The number of ether oxygens (including phenoxy) is 2. The van der Waals surface area contributed by atoms with Crippen LogP contribution in [0.2, 0.25) is 0 Å². The molecule has 3 rings (SSSR count). The third-order valence-corrected chi connectivity index (χ3v) is 4.65. The highest BCUT2D eigenvalue weighted by Gasteiger charge is 2.36. The van der Waals surface area contributed by atoms with Crippen LogP contribution >= 0.6 is 0 Å². The molecule has 1 aromatic carbocycles. The maximum atomic E-state index is 13.6. The van der Waals surface area contributed by atoms with E-state index in [1.54, 1.807) is 12.3 Å². The van der Waals surface area contributed by atoms with Crippen LogP contribution in [-0.2, 0) is 0 Å². The van der Waals surface area contributed by atoms with Crippen molar-refractivity contribution in [1.82, 2.24) is 10.3 Å². The Labute approximate surface area is 151 Å². The Bertz CT molecular complexity index is 776. The van der Waals surface area contributed by atoms with Gasteiger partial charge in [-0.15, -0.1) is 0 Å². The van der Waals surface area contributed by atoms with E-state index in [4.69, 9.17) is 9.47 Å². The largest absolute Gasteiger partial charge is 0.494 e. The number of nitrogens with zero attached hydrogens (tertiary/aromatic N) is 1. The molecule has 138 valence electrons. The van der Waals surface area contributed by atoms with E-state index >= 15 is 0 Å². The summed E-state index contributed by atoms with van der Waals surface area (Å²) in [6.45, 7) is 0. The number of methoxy groups -OCH3 is 2. The van der Waals surface area contributed by atoms with Crippen molar-refractivity contribution in [1.29, 1.82) is 0 Å². The second-order valence-electron chi connectivity index (χ2n) is 6.32. The molecule has 26 heavy (non-hydrogen) atoms. The quantitative estimate of drug-likeness (QED) is 0.827. The number of hydrogen-bond donors (Lipinski definition) is 2. The van der Waals surface area contributed by atoms with E-state index in [2.05, 4.69) is 10.3 Å². The number of hydrogen-bond acceptors (Lipinski definition) is 5. The number of aliphatic hydroxyl groups is 1. The fraction of sp³-hybridized carbons (Fsp3) is 0.368. The number of carbonyl (C=O) groups is 1. The van der Waals surface area contributed by atoms with Gasteiger partial charge in [0, 0.05) is 17.8 Å². The lowest BCUT2D eigenvalue weighted by Gasteiger charge is -2.38. The summed E-state index contributed by atoms with van der Waals surface area (Å²) in [6, 6.07) is 7.23. The zero-order valence-corrected chi connectivity index (χ0v) is 14.6. The zero-order valence-electron chi connectivity index (χ0n) is 14.6. The maximum Gasteiger partial charge on any atom is 0.251 e. The molecule has 1 aromatic heterocycles. The van der Waals surface area contributed by atoms with E-state index in [9.17, 15) is 14.3 Å². The molecule has 1 fully saturated rings. The monoisotopic (exact) mass is 360 g/mol. The molecule has 1 heterocycles. The van der Waals surface area contributed by atoms with Gasteiger partial charge in [-0.3, -0.25) is 4.79 Å². The van der Waals surface area contributed by atoms with Crippen molar-refractivity contribution in [3.05, 3.63) is 53.5 Å². The van der Waals surface area contributed by atoms with Gasteiger partial charge in [-0.25, -0.2) is 9.37 Å². The zero-order chi connectivity index (χ0) is 18.7. The van der Waals surface area contributed by atoms with Crippen LogP contribution in [0.25, 0.3) is 0 Å². The molecule has 1 aliphatic rings. The smallest absolute Gasteiger partial charge is 0.251 e. The summed E-state index contributed by atoms with van der Waals surface area (Å²) in [5.74, 6) is -0.269. The highest BCUT2D eigenvalue weighted by atomic mass is 19.1. The van der Waals surface area contributed by atoms with Gasteiger partial charge in [0.2, 0.25) is 5.88 Å². The number of rotatable bonds is 6. The summed E-state index contributed by atoms with van der Waals surface area (Å²) in [7, 11) is 2.88. The summed E-state index contributed by atoms with van der Waals surface area (Å²) in [5.41, 5.74) is 1.12. The van der Waals surface area contributed by atoms with Gasteiger partial charge in [0.15, 0.2) is 11.6 Å². The van der Waals surface area contributed by atoms with Crippen LogP contribution in [0.1, 0.15) is 34.8 Å². The minimum Gasteiger partial charge on any atom is -0.494 e. The topological polar surface area (TPSA) is 80.7 Å². The number of halogens is 1. The molecule has 2 N–H and O–H groups in total. The molecule has 1 amide bonds. The van der Waals surface area contributed by atoms with E-state index < -0.39 is 5.82 Å². The molecule has 0 radical (unpaired) electrons. The lowest BCUT2D eigenvalue weighted by Crippen LogP contribution is -2.41. The Morgan fingerprint density at radius 1 is 1.27 bits per heavy atom.